The predicted octanol–water partition coefficient (Wildman–Crippen LogP) is 2.31. The van der Waals surface area contributed by atoms with Gasteiger partial charge < -0.3 is 0 Å². The molecule has 2 aromatic carbocycles. The van der Waals surface area contributed by atoms with E-state index in [0.717, 1.165) is 8.58 Å². The minimum Gasteiger partial charge on any atom is -0.0622 e. The Morgan fingerprint density at radius 1 is 0.571 bits per heavy atom. The van der Waals surface area contributed by atoms with Crippen LogP contribution >= 0.6 is 8.58 Å². The minimum atomic E-state index is 0. The fraction of sp³-hybridized carbons (Fsp3) is 0. The van der Waals surface area contributed by atoms with Crippen molar-refractivity contribution in [1.29, 1.82) is 0 Å². The van der Waals surface area contributed by atoms with Crippen molar-refractivity contribution in [1.82, 2.24) is 0 Å². The van der Waals surface area contributed by atoms with Gasteiger partial charge in [0.15, 0.2) is 0 Å². The Bertz CT molecular complexity index is 321. The fourth-order valence-corrected chi connectivity index (χ4v) is 2.26. The van der Waals surface area contributed by atoms with Crippen LogP contribution in [-0.2, 0) is 21.1 Å². The topological polar surface area (TPSA) is 0 Å². The SMILES string of the molecule is [Mo].c1ccc(Pc2ccccc2)cc1. The molecule has 0 aromatic heterocycles. The molecule has 0 fully saturated rings. The molecule has 2 heteroatoms. The molecule has 2 aromatic rings. The van der Waals surface area contributed by atoms with Gasteiger partial charge in [-0.2, -0.15) is 0 Å². The zero-order chi connectivity index (χ0) is 8.93. The van der Waals surface area contributed by atoms with Crippen molar-refractivity contribution >= 4 is 19.2 Å². The summed E-state index contributed by atoms with van der Waals surface area (Å²) >= 11 is 0. The minimum absolute atomic E-state index is 0. The molecule has 0 unspecified atom stereocenters. The van der Waals surface area contributed by atoms with Crippen molar-refractivity contribution in [3.05, 3.63) is 60.7 Å². The molecule has 0 radical (unpaired) electrons. The van der Waals surface area contributed by atoms with Gasteiger partial charge >= 0.3 is 0 Å². The molecule has 0 N–H and O–H groups in total. The smallest absolute Gasteiger partial charge is 0 e. The number of benzene rings is 2. The first-order chi connectivity index (χ1) is 6.45. The predicted molar refractivity (Wildman–Crippen MR) is 60.5 cm³/mol. The van der Waals surface area contributed by atoms with E-state index in [1.54, 1.807) is 0 Å². The van der Waals surface area contributed by atoms with Crippen molar-refractivity contribution < 1.29 is 21.1 Å². The molecule has 0 spiro atoms. The van der Waals surface area contributed by atoms with Gasteiger partial charge in [-0.25, -0.2) is 0 Å². The molecule has 14 heavy (non-hydrogen) atoms. The molecule has 0 amide bonds. The van der Waals surface area contributed by atoms with Gasteiger partial charge in [-0.05, 0) is 10.6 Å². The number of hydrogen-bond donors (Lipinski definition) is 0. The summed E-state index contributed by atoms with van der Waals surface area (Å²) < 4.78 is 0. The zero-order valence-electron chi connectivity index (χ0n) is 7.68. The van der Waals surface area contributed by atoms with Crippen LogP contribution in [0.3, 0.4) is 0 Å². The summed E-state index contributed by atoms with van der Waals surface area (Å²) in [5.41, 5.74) is 0. The molecule has 70 valence electrons. The molecular weight excluding hydrogens is 271 g/mol. The van der Waals surface area contributed by atoms with E-state index in [1.165, 1.54) is 10.6 Å². The van der Waals surface area contributed by atoms with E-state index in [0.29, 0.717) is 0 Å². The standard InChI is InChI=1S/C12H11P.Mo/c1-3-7-11(8-4-1)13-12-9-5-2-6-10-12;/h1-10,13H;. The Morgan fingerprint density at radius 3 is 1.29 bits per heavy atom. The third kappa shape index (κ3) is 3.37. The number of rotatable bonds is 2. The average molecular weight is 282 g/mol. The van der Waals surface area contributed by atoms with Crippen molar-refractivity contribution in [3.8, 4) is 0 Å². The summed E-state index contributed by atoms with van der Waals surface area (Å²) in [5, 5.41) is 2.79. The molecule has 2 rings (SSSR count). The van der Waals surface area contributed by atoms with Crippen LogP contribution in [0.25, 0.3) is 0 Å². The van der Waals surface area contributed by atoms with Gasteiger partial charge in [0.2, 0.25) is 0 Å². The maximum Gasteiger partial charge on any atom is 0 e. The van der Waals surface area contributed by atoms with E-state index >= 15 is 0 Å². The van der Waals surface area contributed by atoms with Gasteiger partial charge in [-0.15, -0.1) is 0 Å². The first kappa shape index (κ1) is 11.6. The van der Waals surface area contributed by atoms with E-state index in [2.05, 4.69) is 60.7 Å². The van der Waals surface area contributed by atoms with Gasteiger partial charge in [0.05, 0.1) is 0 Å². The normalized spacial score (nSPS) is 9.14. The third-order valence-electron chi connectivity index (χ3n) is 1.84. The molecule has 0 bridgehead atoms. The average Bonchev–Trinajstić information content (AvgIpc) is 2.21. The second kappa shape index (κ2) is 6.12. The first-order valence-corrected chi connectivity index (χ1v) is 5.32. The Kier molecular flexibility index (Phi) is 5.08. The van der Waals surface area contributed by atoms with Gasteiger partial charge in [0.25, 0.3) is 0 Å². The van der Waals surface area contributed by atoms with E-state index in [9.17, 15) is 0 Å². The van der Waals surface area contributed by atoms with Crippen molar-refractivity contribution in [2.24, 2.45) is 0 Å². The van der Waals surface area contributed by atoms with E-state index in [-0.39, 0.29) is 21.1 Å². The first-order valence-electron chi connectivity index (χ1n) is 4.32. The summed E-state index contributed by atoms with van der Waals surface area (Å²) in [7, 11) is 0.777. The van der Waals surface area contributed by atoms with Gasteiger partial charge in [-0.1, -0.05) is 69.2 Å². The molecule has 0 saturated heterocycles. The van der Waals surface area contributed by atoms with Crippen molar-refractivity contribution in [2.45, 2.75) is 0 Å². The van der Waals surface area contributed by atoms with Crippen molar-refractivity contribution in [2.75, 3.05) is 0 Å². The Balaban J connectivity index is 0.000000980. The molecule has 0 aliphatic heterocycles. The molecule has 0 aliphatic rings. The summed E-state index contributed by atoms with van der Waals surface area (Å²) in [6.07, 6.45) is 0. The van der Waals surface area contributed by atoms with Crippen LogP contribution in [0.15, 0.2) is 60.7 Å². The van der Waals surface area contributed by atoms with E-state index < -0.39 is 0 Å². The van der Waals surface area contributed by atoms with Crippen molar-refractivity contribution in [3.63, 3.8) is 0 Å². The maximum absolute atomic E-state index is 2.17. The summed E-state index contributed by atoms with van der Waals surface area (Å²) in [5.74, 6) is 0. The number of hydrogen-bond acceptors (Lipinski definition) is 0. The van der Waals surface area contributed by atoms with Gasteiger partial charge in [-0.3, -0.25) is 0 Å². The second-order valence-electron chi connectivity index (χ2n) is 2.86. The van der Waals surface area contributed by atoms with Crippen LogP contribution in [0.4, 0.5) is 0 Å². The monoisotopic (exact) mass is 284 g/mol. The van der Waals surface area contributed by atoms with Crippen LogP contribution in [0.1, 0.15) is 0 Å². The Labute approximate surface area is 101 Å². The third-order valence-corrected chi connectivity index (χ3v) is 3.08. The largest absolute Gasteiger partial charge is 0.0622 e. The molecule has 0 aliphatic carbocycles. The Morgan fingerprint density at radius 2 is 0.929 bits per heavy atom. The quantitative estimate of drug-likeness (QED) is 0.586. The molecule has 0 nitrogen and oxygen atoms in total. The summed E-state index contributed by atoms with van der Waals surface area (Å²) in [6.45, 7) is 0. The van der Waals surface area contributed by atoms with Crippen LogP contribution in [0.5, 0.6) is 0 Å². The second-order valence-corrected chi connectivity index (χ2v) is 4.26. The molecular formula is C12H11MoP. The maximum atomic E-state index is 2.17. The van der Waals surface area contributed by atoms with Crippen LogP contribution in [0.2, 0.25) is 0 Å². The summed E-state index contributed by atoms with van der Waals surface area (Å²) in [4.78, 5) is 0. The van der Waals surface area contributed by atoms with E-state index in [1.807, 2.05) is 0 Å². The molecule has 0 saturated carbocycles. The van der Waals surface area contributed by atoms with Crippen LogP contribution in [-0.4, -0.2) is 0 Å². The van der Waals surface area contributed by atoms with Gasteiger partial charge in [0.1, 0.15) is 0 Å². The van der Waals surface area contributed by atoms with Gasteiger partial charge in [0, 0.05) is 21.1 Å². The fourth-order valence-electron chi connectivity index (χ4n) is 1.21. The molecule has 0 atom stereocenters. The molecule has 0 heterocycles. The van der Waals surface area contributed by atoms with E-state index in [4.69, 9.17) is 0 Å². The Hall–Kier alpha value is -0.442. The van der Waals surface area contributed by atoms with Crippen LogP contribution < -0.4 is 10.6 Å². The zero-order valence-corrected chi connectivity index (χ0v) is 10.7. The van der Waals surface area contributed by atoms with Crippen LogP contribution in [0, 0.1) is 0 Å². The summed E-state index contributed by atoms with van der Waals surface area (Å²) in [6, 6.07) is 21.2.